The van der Waals surface area contributed by atoms with Gasteiger partial charge in [-0.05, 0) is 31.0 Å². The van der Waals surface area contributed by atoms with Gasteiger partial charge < -0.3 is 15.5 Å². The summed E-state index contributed by atoms with van der Waals surface area (Å²) >= 11 is 0. The number of aliphatic hydroxyl groups excluding tert-OH is 2. The predicted molar refractivity (Wildman–Crippen MR) is 84.6 cm³/mol. The van der Waals surface area contributed by atoms with E-state index in [1.165, 1.54) is 24.8 Å². The zero-order valence-electron chi connectivity index (χ0n) is 12.5. The average molecular weight is 277 g/mol. The van der Waals surface area contributed by atoms with E-state index in [4.69, 9.17) is 5.11 Å². The molecule has 0 spiro atoms. The molecule has 0 aromatic heterocycles. The highest BCUT2D eigenvalue weighted by molar-refractivity contribution is 5.50. The first-order valence-electron chi connectivity index (χ1n) is 7.44. The van der Waals surface area contributed by atoms with Crippen molar-refractivity contribution >= 4 is 6.08 Å². The smallest absolute Gasteiger partial charge is 0.0899 e. The van der Waals surface area contributed by atoms with Gasteiger partial charge in [0.15, 0.2) is 0 Å². The van der Waals surface area contributed by atoms with Crippen molar-refractivity contribution in [2.24, 2.45) is 0 Å². The monoisotopic (exact) mass is 277 g/mol. The largest absolute Gasteiger partial charge is 0.395 e. The lowest BCUT2D eigenvalue weighted by Gasteiger charge is -2.16. The third-order valence-electron chi connectivity index (χ3n) is 3.51. The van der Waals surface area contributed by atoms with Crippen LogP contribution in [-0.2, 0) is 6.42 Å². The topological polar surface area (TPSA) is 52.5 Å². The van der Waals surface area contributed by atoms with Crippen molar-refractivity contribution in [2.75, 3.05) is 13.7 Å². The number of likely N-dealkylation sites (N-methyl/N-ethyl adjacent to an activating group) is 1. The quantitative estimate of drug-likeness (QED) is 0.607. The third-order valence-corrected chi connectivity index (χ3v) is 3.51. The predicted octanol–water partition coefficient (Wildman–Crippen LogP) is 2.37. The fraction of sp³-hybridized carbons (Fsp3) is 0.529. The minimum atomic E-state index is -0.686. The molecule has 3 N–H and O–H groups in total. The van der Waals surface area contributed by atoms with Gasteiger partial charge in [-0.25, -0.2) is 0 Å². The second kappa shape index (κ2) is 9.70. The summed E-state index contributed by atoms with van der Waals surface area (Å²) in [5.41, 5.74) is 2.43. The summed E-state index contributed by atoms with van der Waals surface area (Å²) < 4.78 is 0. The maximum absolute atomic E-state index is 9.86. The Morgan fingerprint density at radius 1 is 1.20 bits per heavy atom. The van der Waals surface area contributed by atoms with Gasteiger partial charge >= 0.3 is 0 Å². The molecule has 1 aromatic carbocycles. The van der Waals surface area contributed by atoms with Crippen LogP contribution in [0, 0.1) is 0 Å². The van der Waals surface area contributed by atoms with Crippen molar-refractivity contribution < 1.29 is 10.2 Å². The van der Waals surface area contributed by atoms with Crippen molar-refractivity contribution in [3.63, 3.8) is 0 Å². The highest BCUT2D eigenvalue weighted by Crippen LogP contribution is 2.10. The summed E-state index contributed by atoms with van der Waals surface area (Å²) in [5, 5.41) is 21.8. The molecule has 112 valence electrons. The van der Waals surface area contributed by atoms with Gasteiger partial charge in [0.1, 0.15) is 0 Å². The lowest BCUT2D eigenvalue weighted by molar-refractivity contribution is 0.128. The van der Waals surface area contributed by atoms with Gasteiger partial charge in [-0.2, -0.15) is 0 Å². The van der Waals surface area contributed by atoms with E-state index in [-0.39, 0.29) is 12.6 Å². The van der Waals surface area contributed by atoms with Crippen LogP contribution in [-0.4, -0.2) is 36.0 Å². The van der Waals surface area contributed by atoms with Gasteiger partial charge in [-0.3, -0.25) is 0 Å². The van der Waals surface area contributed by atoms with E-state index >= 15 is 0 Å². The molecule has 1 rings (SSSR count). The summed E-state index contributed by atoms with van der Waals surface area (Å²) in [6.07, 6.45) is 7.81. The van der Waals surface area contributed by atoms with E-state index in [2.05, 4.69) is 36.5 Å². The van der Waals surface area contributed by atoms with Crippen LogP contribution in [0.5, 0.6) is 0 Å². The molecule has 0 aliphatic rings. The first kappa shape index (κ1) is 16.9. The summed E-state index contributed by atoms with van der Waals surface area (Å²) in [6.45, 7) is 2.13. The molecule has 0 aliphatic carbocycles. The molecule has 0 radical (unpaired) electrons. The van der Waals surface area contributed by atoms with Crippen LogP contribution in [0.1, 0.15) is 37.3 Å². The standard InChI is InChI=1S/C17H27NO2/c1-3-4-5-6-14-7-9-15(10-8-14)11-12-17(20)16(13-19)18-2/h7-12,16-20H,3-6,13H2,1-2H3/b12-11+/t16?,17-/m0/s1. The normalized spacial score (nSPS) is 14.6. The first-order chi connectivity index (χ1) is 9.71. The highest BCUT2D eigenvalue weighted by atomic mass is 16.3. The number of hydrogen-bond acceptors (Lipinski definition) is 3. The Morgan fingerprint density at radius 3 is 2.45 bits per heavy atom. The van der Waals surface area contributed by atoms with E-state index in [1.54, 1.807) is 13.1 Å². The Labute approximate surface area is 122 Å². The van der Waals surface area contributed by atoms with Crippen molar-refractivity contribution in [1.82, 2.24) is 5.32 Å². The molecule has 0 saturated heterocycles. The molecule has 0 amide bonds. The van der Waals surface area contributed by atoms with E-state index < -0.39 is 6.10 Å². The van der Waals surface area contributed by atoms with Crippen LogP contribution in [0.25, 0.3) is 6.08 Å². The minimum absolute atomic E-state index is 0.0849. The Kier molecular flexibility index (Phi) is 8.19. The van der Waals surface area contributed by atoms with E-state index in [9.17, 15) is 5.11 Å². The number of benzene rings is 1. The number of hydrogen-bond donors (Lipinski definition) is 3. The lowest BCUT2D eigenvalue weighted by Crippen LogP contribution is -2.39. The van der Waals surface area contributed by atoms with Crippen LogP contribution in [0.2, 0.25) is 0 Å². The summed E-state index contributed by atoms with van der Waals surface area (Å²) in [6, 6.07) is 8.10. The summed E-state index contributed by atoms with van der Waals surface area (Å²) in [5.74, 6) is 0. The number of rotatable bonds is 9. The molecule has 2 atom stereocenters. The van der Waals surface area contributed by atoms with Crippen molar-refractivity contribution in [3.8, 4) is 0 Å². The number of nitrogens with one attached hydrogen (secondary N) is 1. The van der Waals surface area contributed by atoms with Gasteiger partial charge in [0.05, 0.1) is 18.8 Å². The number of aliphatic hydroxyl groups is 2. The van der Waals surface area contributed by atoms with Crippen LogP contribution >= 0.6 is 0 Å². The molecule has 3 heteroatoms. The van der Waals surface area contributed by atoms with Crippen LogP contribution in [0.4, 0.5) is 0 Å². The third kappa shape index (κ3) is 5.87. The molecule has 0 fully saturated rings. The zero-order chi connectivity index (χ0) is 14.8. The summed E-state index contributed by atoms with van der Waals surface area (Å²) in [7, 11) is 1.73. The molecule has 0 saturated carbocycles. The second-order valence-electron chi connectivity index (χ2n) is 5.13. The van der Waals surface area contributed by atoms with Crippen LogP contribution in [0.3, 0.4) is 0 Å². The van der Waals surface area contributed by atoms with Crippen molar-refractivity contribution in [1.29, 1.82) is 0 Å². The number of aryl methyl sites for hydroxylation is 1. The Bertz CT molecular complexity index is 382. The van der Waals surface area contributed by atoms with Gasteiger partial charge in [0, 0.05) is 0 Å². The fourth-order valence-corrected chi connectivity index (χ4v) is 2.09. The Balaban J connectivity index is 2.52. The molecule has 0 aliphatic heterocycles. The van der Waals surface area contributed by atoms with Gasteiger partial charge in [0.2, 0.25) is 0 Å². The molecule has 0 heterocycles. The molecule has 1 aromatic rings. The van der Waals surface area contributed by atoms with Crippen molar-refractivity contribution in [2.45, 2.75) is 44.8 Å². The lowest BCUT2D eigenvalue weighted by atomic mass is 10.0. The molecular formula is C17H27NO2. The molecule has 0 bridgehead atoms. The zero-order valence-corrected chi connectivity index (χ0v) is 12.5. The minimum Gasteiger partial charge on any atom is -0.395 e. The number of unbranched alkanes of at least 4 members (excludes halogenated alkanes) is 2. The Morgan fingerprint density at radius 2 is 1.90 bits per heavy atom. The molecule has 20 heavy (non-hydrogen) atoms. The van der Waals surface area contributed by atoms with Gasteiger partial charge in [0.25, 0.3) is 0 Å². The van der Waals surface area contributed by atoms with Gasteiger partial charge in [-0.15, -0.1) is 0 Å². The first-order valence-corrected chi connectivity index (χ1v) is 7.44. The SMILES string of the molecule is CCCCCc1ccc(/C=C/[C@H](O)C(CO)NC)cc1. The average Bonchev–Trinajstić information content (AvgIpc) is 2.48. The molecular weight excluding hydrogens is 250 g/mol. The van der Waals surface area contributed by atoms with Gasteiger partial charge in [-0.1, -0.05) is 56.2 Å². The molecule has 3 nitrogen and oxygen atoms in total. The van der Waals surface area contributed by atoms with Crippen LogP contribution in [0.15, 0.2) is 30.3 Å². The van der Waals surface area contributed by atoms with Crippen LogP contribution < -0.4 is 5.32 Å². The Hall–Kier alpha value is -1.16. The van der Waals surface area contributed by atoms with Crippen molar-refractivity contribution in [3.05, 3.63) is 41.5 Å². The van der Waals surface area contributed by atoms with E-state index in [1.807, 2.05) is 6.08 Å². The maximum atomic E-state index is 9.86. The van der Waals surface area contributed by atoms with E-state index in [0.29, 0.717) is 0 Å². The second-order valence-corrected chi connectivity index (χ2v) is 5.13. The summed E-state index contributed by atoms with van der Waals surface area (Å²) in [4.78, 5) is 0. The fourth-order valence-electron chi connectivity index (χ4n) is 2.09. The highest BCUT2D eigenvalue weighted by Gasteiger charge is 2.12. The maximum Gasteiger partial charge on any atom is 0.0899 e. The van der Waals surface area contributed by atoms with E-state index in [0.717, 1.165) is 12.0 Å². The molecule has 1 unspecified atom stereocenters.